The number of ether oxygens (including phenoxy) is 1. The lowest BCUT2D eigenvalue weighted by Gasteiger charge is -2.13. The van der Waals surface area contributed by atoms with Crippen molar-refractivity contribution in [3.63, 3.8) is 0 Å². The van der Waals surface area contributed by atoms with Crippen molar-refractivity contribution in [1.29, 1.82) is 0 Å². The van der Waals surface area contributed by atoms with Gasteiger partial charge >= 0.3 is 5.97 Å². The van der Waals surface area contributed by atoms with Gasteiger partial charge in [-0.1, -0.05) is 11.6 Å². The van der Waals surface area contributed by atoms with E-state index in [2.05, 4.69) is 16.1 Å². The summed E-state index contributed by atoms with van der Waals surface area (Å²) >= 11 is 0. The minimum Gasteiger partial charge on any atom is -0.465 e. The lowest BCUT2D eigenvalue weighted by atomic mass is 9.97. The molecule has 6 nitrogen and oxygen atoms in total. The fourth-order valence-corrected chi connectivity index (χ4v) is 2.60. The summed E-state index contributed by atoms with van der Waals surface area (Å²) in [7, 11) is 1.27. The van der Waals surface area contributed by atoms with Crippen molar-refractivity contribution in [3.8, 4) is 0 Å². The summed E-state index contributed by atoms with van der Waals surface area (Å²) in [6.07, 6.45) is 9.14. The van der Waals surface area contributed by atoms with Crippen LogP contribution >= 0.6 is 0 Å². The number of pyridine rings is 1. The number of rotatable bonds is 6. The molecule has 124 valence electrons. The molecule has 0 bridgehead atoms. The van der Waals surface area contributed by atoms with E-state index in [0.29, 0.717) is 6.54 Å². The molecule has 1 heterocycles. The molecule has 0 aliphatic heterocycles. The summed E-state index contributed by atoms with van der Waals surface area (Å²) in [5, 5.41) is 2.81. The summed E-state index contributed by atoms with van der Waals surface area (Å²) in [6, 6.07) is 2.64. The van der Waals surface area contributed by atoms with Gasteiger partial charge in [0.1, 0.15) is 6.54 Å². The van der Waals surface area contributed by atoms with Crippen LogP contribution in [0.15, 0.2) is 34.8 Å². The van der Waals surface area contributed by atoms with E-state index in [4.69, 9.17) is 0 Å². The first-order valence-corrected chi connectivity index (χ1v) is 7.83. The van der Waals surface area contributed by atoms with E-state index < -0.39 is 5.97 Å². The maximum Gasteiger partial charge on any atom is 0.339 e. The van der Waals surface area contributed by atoms with Gasteiger partial charge in [0.05, 0.1) is 12.7 Å². The standard InChI is InChI=1S/C17H22N2O4/c1-23-17(22)14-7-8-16(21)19(11-14)12-15(20)18-10-9-13-5-3-2-4-6-13/h5,7-8,11H,2-4,6,9-10,12H2,1H3,(H,18,20). The zero-order chi connectivity index (χ0) is 16.7. The van der Waals surface area contributed by atoms with Crippen LogP contribution in [-0.4, -0.2) is 30.1 Å². The second kappa shape index (κ2) is 8.31. The molecule has 1 aromatic heterocycles. The molecular formula is C17H22N2O4. The maximum absolute atomic E-state index is 12.0. The molecule has 0 atom stereocenters. The van der Waals surface area contributed by atoms with Gasteiger partial charge in [0.25, 0.3) is 5.56 Å². The van der Waals surface area contributed by atoms with Gasteiger partial charge in [-0.05, 0) is 38.2 Å². The van der Waals surface area contributed by atoms with E-state index in [1.165, 1.54) is 48.4 Å². The number of esters is 1. The number of carbonyl (C=O) groups is 2. The van der Waals surface area contributed by atoms with Crippen LogP contribution in [0.4, 0.5) is 0 Å². The highest BCUT2D eigenvalue weighted by Crippen LogP contribution is 2.19. The van der Waals surface area contributed by atoms with Crippen molar-refractivity contribution in [2.45, 2.75) is 38.6 Å². The molecule has 0 fully saturated rings. The zero-order valence-electron chi connectivity index (χ0n) is 13.3. The van der Waals surface area contributed by atoms with Crippen LogP contribution < -0.4 is 10.9 Å². The Morgan fingerprint density at radius 3 is 2.83 bits per heavy atom. The van der Waals surface area contributed by atoms with Gasteiger partial charge in [-0.15, -0.1) is 0 Å². The number of amides is 1. The number of aromatic nitrogens is 1. The van der Waals surface area contributed by atoms with Crippen LogP contribution in [0.2, 0.25) is 0 Å². The van der Waals surface area contributed by atoms with Gasteiger partial charge in [-0.3, -0.25) is 9.59 Å². The van der Waals surface area contributed by atoms with Crippen molar-refractivity contribution in [2.24, 2.45) is 0 Å². The highest BCUT2D eigenvalue weighted by atomic mass is 16.5. The Balaban J connectivity index is 1.88. The Bertz CT molecular complexity index is 661. The second-order valence-electron chi connectivity index (χ2n) is 5.58. The first kappa shape index (κ1) is 17.0. The molecule has 1 aromatic rings. The monoisotopic (exact) mass is 318 g/mol. The van der Waals surface area contributed by atoms with Crippen molar-refractivity contribution in [2.75, 3.05) is 13.7 Å². The Morgan fingerprint density at radius 2 is 2.13 bits per heavy atom. The summed E-state index contributed by atoms with van der Waals surface area (Å²) in [4.78, 5) is 35.2. The van der Waals surface area contributed by atoms with Crippen LogP contribution in [0.1, 0.15) is 42.5 Å². The van der Waals surface area contributed by atoms with Gasteiger partial charge in [-0.25, -0.2) is 4.79 Å². The third-order valence-electron chi connectivity index (χ3n) is 3.87. The molecule has 1 N–H and O–H groups in total. The van der Waals surface area contributed by atoms with Crippen LogP contribution in [-0.2, 0) is 16.1 Å². The average molecular weight is 318 g/mol. The minimum absolute atomic E-state index is 0.108. The van der Waals surface area contributed by atoms with Crippen LogP contribution in [0.25, 0.3) is 0 Å². The lowest BCUT2D eigenvalue weighted by Crippen LogP contribution is -2.33. The van der Waals surface area contributed by atoms with Crippen molar-refractivity contribution in [1.82, 2.24) is 9.88 Å². The average Bonchev–Trinajstić information content (AvgIpc) is 2.57. The second-order valence-corrected chi connectivity index (χ2v) is 5.58. The Labute approximate surface area is 135 Å². The van der Waals surface area contributed by atoms with Crippen molar-refractivity contribution < 1.29 is 14.3 Å². The van der Waals surface area contributed by atoms with E-state index in [1.54, 1.807) is 0 Å². The molecule has 2 rings (SSSR count). The van der Waals surface area contributed by atoms with Gasteiger partial charge in [0.2, 0.25) is 5.91 Å². The summed E-state index contributed by atoms with van der Waals surface area (Å²) in [5.41, 5.74) is 1.30. The summed E-state index contributed by atoms with van der Waals surface area (Å²) < 4.78 is 5.82. The number of nitrogens with zero attached hydrogens (tertiary/aromatic N) is 1. The number of methoxy groups -OCH3 is 1. The van der Waals surface area contributed by atoms with Crippen LogP contribution in [0.5, 0.6) is 0 Å². The predicted octanol–water partition coefficient (Wildman–Crippen LogP) is 1.64. The fourth-order valence-electron chi connectivity index (χ4n) is 2.60. The van der Waals surface area contributed by atoms with Crippen molar-refractivity contribution >= 4 is 11.9 Å². The van der Waals surface area contributed by atoms with E-state index >= 15 is 0 Å². The predicted molar refractivity (Wildman–Crippen MR) is 86.2 cm³/mol. The van der Waals surface area contributed by atoms with Gasteiger partial charge in [0, 0.05) is 18.8 Å². The number of nitrogens with one attached hydrogen (secondary N) is 1. The van der Waals surface area contributed by atoms with E-state index in [0.717, 1.165) is 19.3 Å². The molecule has 23 heavy (non-hydrogen) atoms. The van der Waals surface area contributed by atoms with Gasteiger partial charge in [0.15, 0.2) is 0 Å². The molecule has 0 saturated carbocycles. The summed E-state index contributed by atoms with van der Waals surface area (Å²) in [6.45, 7) is 0.457. The SMILES string of the molecule is COC(=O)c1ccc(=O)n(CC(=O)NCCC2=CCCCC2)c1. The third-order valence-corrected chi connectivity index (χ3v) is 3.87. The first-order chi connectivity index (χ1) is 11.1. The molecule has 0 spiro atoms. The molecule has 6 heteroatoms. The molecule has 1 aliphatic rings. The van der Waals surface area contributed by atoms with E-state index in [1.807, 2.05) is 0 Å². The molecule has 0 radical (unpaired) electrons. The molecule has 1 aliphatic carbocycles. The summed E-state index contributed by atoms with van der Waals surface area (Å²) in [5.74, 6) is -0.783. The van der Waals surface area contributed by atoms with Crippen LogP contribution in [0, 0.1) is 0 Å². The molecule has 0 saturated heterocycles. The fraction of sp³-hybridized carbons (Fsp3) is 0.471. The van der Waals surface area contributed by atoms with E-state index in [9.17, 15) is 14.4 Å². The maximum atomic E-state index is 12.0. The topological polar surface area (TPSA) is 77.4 Å². The lowest BCUT2D eigenvalue weighted by molar-refractivity contribution is -0.121. The Morgan fingerprint density at radius 1 is 1.30 bits per heavy atom. The number of hydrogen-bond acceptors (Lipinski definition) is 4. The zero-order valence-corrected chi connectivity index (χ0v) is 13.3. The largest absolute Gasteiger partial charge is 0.465 e. The number of hydrogen-bond donors (Lipinski definition) is 1. The first-order valence-electron chi connectivity index (χ1n) is 7.83. The highest BCUT2D eigenvalue weighted by molar-refractivity contribution is 5.88. The smallest absolute Gasteiger partial charge is 0.339 e. The molecule has 1 amide bonds. The van der Waals surface area contributed by atoms with E-state index in [-0.39, 0.29) is 23.6 Å². The Hall–Kier alpha value is -2.37. The third kappa shape index (κ3) is 5.09. The number of allylic oxidation sites excluding steroid dienone is 1. The quantitative estimate of drug-likeness (QED) is 0.639. The molecule has 0 unspecified atom stereocenters. The van der Waals surface area contributed by atoms with Crippen molar-refractivity contribution in [3.05, 3.63) is 45.9 Å². The normalized spacial score (nSPS) is 14.0. The Kier molecular flexibility index (Phi) is 6.14. The molecular weight excluding hydrogens is 296 g/mol. The highest BCUT2D eigenvalue weighted by Gasteiger charge is 2.10. The van der Waals surface area contributed by atoms with Gasteiger partial charge < -0.3 is 14.6 Å². The molecule has 0 aromatic carbocycles. The van der Waals surface area contributed by atoms with Crippen LogP contribution in [0.3, 0.4) is 0 Å². The number of carbonyl (C=O) groups excluding carboxylic acids is 2. The van der Waals surface area contributed by atoms with Gasteiger partial charge in [-0.2, -0.15) is 0 Å². The minimum atomic E-state index is -0.539.